The molecule has 3 aliphatic rings. The molecule has 0 radical (unpaired) electrons. The van der Waals surface area contributed by atoms with Crippen LogP contribution in [0.15, 0.2) is 241 Å². The number of nitrogens with zero attached hydrogens (tertiary/aromatic N) is 3. The fraction of sp³-hybridized carbons (Fsp3) is 0.0615. The third-order valence-corrected chi connectivity index (χ3v) is 14.5. The number of fused-ring (bicyclic) bond motifs is 7. The van der Waals surface area contributed by atoms with Crippen molar-refractivity contribution in [3.05, 3.63) is 258 Å². The van der Waals surface area contributed by atoms with Crippen LogP contribution in [-0.2, 0) is 5.41 Å². The van der Waals surface area contributed by atoms with Crippen molar-refractivity contribution >= 4 is 43.9 Å². The first-order chi connectivity index (χ1) is 33.4. The summed E-state index contributed by atoms with van der Waals surface area (Å²) < 4.78 is 0. The minimum atomic E-state index is -0.292. The Morgan fingerprint density at radius 2 is 1.01 bits per heavy atom. The Hall–Kier alpha value is -8.53. The first kappa shape index (κ1) is 39.8. The normalized spacial score (nSPS) is 15.7. The molecule has 68 heavy (non-hydrogen) atoms. The van der Waals surface area contributed by atoms with Crippen LogP contribution in [0.4, 0.5) is 0 Å². The van der Waals surface area contributed by atoms with E-state index in [1.807, 2.05) is 0 Å². The lowest BCUT2D eigenvalue weighted by Gasteiger charge is -2.29. The summed E-state index contributed by atoms with van der Waals surface area (Å²) in [6.07, 6.45) is 8.75. The predicted molar refractivity (Wildman–Crippen MR) is 285 cm³/mol. The third kappa shape index (κ3) is 6.38. The highest BCUT2D eigenvalue weighted by Gasteiger charge is 2.37. The van der Waals surface area contributed by atoms with Gasteiger partial charge < -0.3 is 0 Å². The number of benzene rings is 9. The fourth-order valence-corrected chi connectivity index (χ4v) is 11.0. The van der Waals surface area contributed by atoms with E-state index in [0.29, 0.717) is 5.82 Å². The lowest BCUT2D eigenvalue weighted by Crippen LogP contribution is -2.20. The van der Waals surface area contributed by atoms with Crippen molar-refractivity contribution in [2.45, 2.75) is 19.3 Å². The third-order valence-electron chi connectivity index (χ3n) is 14.5. The minimum Gasteiger partial charge on any atom is -0.247 e. The zero-order valence-corrected chi connectivity index (χ0v) is 37.9. The molecule has 0 N–H and O–H groups in total. The lowest BCUT2D eigenvalue weighted by molar-refractivity contribution is 0.660. The molecule has 10 aromatic rings. The topological polar surface area (TPSA) is 38.1 Å². The Bertz CT molecular complexity index is 3900. The van der Waals surface area contributed by atoms with Gasteiger partial charge in [-0.2, -0.15) is 0 Å². The van der Waals surface area contributed by atoms with E-state index in [9.17, 15) is 0 Å². The molecule has 1 aromatic heterocycles. The molecule has 3 nitrogen and oxygen atoms in total. The van der Waals surface area contributed by atoms with Crippen LogP contribution in [0.5, 0.6) is 0 Å². The molecule has 0 amide bonds. The molecular weight excluding hydrogens is 823 g/mol. The van der Waals surface area contributed by atoms with E-state index in [-0.39, 0.29) is 11.3 Å². The first-order valence-corrected chi connectivity index (χ1v) is 23.5. The van der Waals surface area contributed by atoms with Crippen LogP contribution in [0.25, 0.3) is 94.2 Å². The average molecular weight is 868 g/mol. The van der Waals surface area contributed by atoms with Gasteiger partial charge in [-0.25, -0.2) is 15.0 Å². The molecule has 0 saturated carbocycles. The molecule has 2 heterocycles. The molecule has 0 fully saturated rings. The quantitative estimate of drug-likeness (QED) is 0.167. The number of hydrogen-bond donors (Lipinski definition) is 0. The van der Waals surface area contributed by atoms with Gasteiger partial charge in [-0.1, -0.05) is 209 Å². The van der Waals surface area contributed by atoms with E-state index >= 15 is 0 Å². The Labute approximate surface area is 396 Å². The Balaban J connectivity index is 0.883. The van der Waals surface area contributed by atoms with Crippen molar-refractivity contribution in [3.8, 4) is 56.0 Å². The van der Waals surface area contributed by atoms with Crippen molar-refractivity contribution < 1.29 is 0 Å². The van der Waals surface area contributed by atoms with E-state index in [4.69, 9.17) is 15.0 Å². The second-order valence-electron chi connectivity index (χ2n) is 18.8. The van der Waals surface area contributed by atoms with E-state index in [1.54, 1.807) is 0 Å². The SMILES string of the molecule is C=C1C(c2cccc(-c3cccc4ccccc34)c2)=NC(c2ccc3c(c2)C(C)(C)c2cc(-c4nc(-c5cccc(-c6cccc7ccccc67)c5)nc5ccccc45)ccc2-3)=C2C=CC=CC12. The minimum absolute atomic E-state index is 0.0259. The molecule has 0 spiro atoms. The summed E-state index contributed by atoms with van der Waals surface area (Å²) in [4.78, 5) is 16.1. The highest BCUT2D eigenvalue weighted by Crippen LogP contribution is 2.51. The van der Waals surface area contributed by atoms with E-state index in [0.717, 1.165) is 61.4 Å². The van der Waals surface area contributed by atoms with Crippen molar-refractivity contribution in [2.24, 2.45) is 10.9 Å². The molecule has 9 aromatic carbocycles. The molecule has 1 unspecified atom stereocenters. The van der Waals surface area contributed by atoms with Crippen LogP contribution in [0, 0.1) is 5.92 Å². The van der Waals surface area contributed by atoms with Crippen molar-refractivity contribution in [1.82, 2.24) is 9.97 Å². The summed E-state index contributed by atoms with van der Waals surface area (Å²) in [6, 6.07) is 69.9. The van der Waals surface area contributed by atoms with Crippen LogP contribution in [0.1, 0.15) is 36.1 Å². The molecule has 1 atom stereocenters. The summed E-state index contributed by atoms with van der Waals surface area (Å²) in [5.41, 5.74) is 19.7. The standard InChI is InChI=1S/C65H45N3/c1-40-49-24-8-9-27-56(49)62(67-61(40)45-22-12-20-43(36-45)52-29-14-18-41-16-4-6-25-50(41)52)46-32-34-54-55-35-33-47(39-59(55)65(2,3)58(54)38-46)63-57-28-10-11-31-60(57)66-64(68-63)48-23-13-21-44(37-48)53-30-15-19-42-17-5-7-26-51(42)53/h4-39,49H,1H2,2-3H3. The highest BCUT2D eigenvalue weighted by atomic mass is 14.9. The zero-order chi connectivity index (χ0) is 45.5. The van der Waals surface area contributed by atoms with Crippen LogP contribution in [0.2, 0.25) is 0 Å². The second-order valence-corrected chi connectivity index (χ2v) is 18.8. The highest BCUT2D eigenvalue weighted by molar-refractivity contribution is 6.17. The number of aliphatic imine (C=N–C) groups is 1. The van der Waals surface area contributed by atoms with E-state index in [1.165, 1.54) is 66.1 Å². The molecule has 320 valence electrons. The molecule has 0 bridgehead atoms. The number of allylic oxidation sites excluding steroid dienone is 6. The molecule has 2 aliphatic carbocycles. The lowest BCUT2D eigenvalue weighted by atomic mass is 9.78. The summed E-state index contributed by atoms with van der Waals surface area (Å²) in [5.74, 6) is 0.737. The summed E-state index contributed by atoms with van der Waals surface area (Å²) in [6.45, 7) is 9.40. The van der Waals surface area contributed by atoms with Gasteiger partial charge in [-0.05, 0) is 108 Å². The molecule has 1 aliphatic heterocycles. The number of hydrogen-bond acceptors (Lipinski definition) is 3. The van der Waals surface area contributed by atoms with Crippen LogP contribution >= 0.6 is 0 Å². The molecule has 13 rings (SSSR count). The summed E-state index contributed by atoms with van der Waals surface area (Å²) in [5, 5.41) is 5.95. The Morgan fingerprint density at radius 3 is 1.72 bits per heavy atom. The number of para-hydroxylation sites is 1. The smallest absolute Gasteiger partial charge is 0.160 e. The largest absolute Gasteiger partial charge is 0.247 e. The van der Waals surface area contributed by atoms with E-state index < -0.39 is 0 Å². The predicted octanol–water partition coefficient (Wildman–Crippen LogP) is 16.4. The second kappa shape index (κ2) is 15.5. The fourth-order valence-electron chi connectivity index (χ4n) is 11.0. The summed E-state index contributed by atoms with van der Waals surface area (Å²) >= 11 is 0. The van der Waals surface area contributed by atoms with Crippen LogP contribution < -0.4 is 0 Å². The molecular formula is C65H45N3. The first-order valence-electron chi connectivity index (χ1n) is 23.5. The van der Waals surface area contributed by atoms with Gasteiger partial charge in [0.2, 0.25) is 0 Å². The molecule has 0 saturated heterocycles. The Kier molecular flexibility index (Phi) is 9.10. The van der Waals surface area contributed by atoms with Gasteiger partial charge in [0.1, 0.15) is 0 Å². The van der Waals surface area contributed by atoms with Crippen molar-refractivity contribution in [2.75, 3.05) is 0 Å². The average Bonchev–Trinajstić information content (AvgIpc) is 3.62. The van der Waals surface area contributed by atoms with Gasteiger partial charge in [0.25, 0.3) is 0 Å². The maximum Gasteiger partial charge on any atom is 0.160 e. The van der Waals surface area contributed by atoms with Crippen LogP contribution in [0.3, 0.4) is 0 Å². The Morgan fingerprint density at radius 1 is 0.456 bits per heavy atom. The van der Waals surface area contributed by atoms with Gasteiger partial charge in [0.15, 0.2) is 5.82 Å². The monoisotopic (exact) mass is 867 g/mol. The van der Waals surface area contributed by atoms with Gasteiger partial charge >= 0.3 is 0 Å². The van der Waals surface area contributed by atoms with Crippen molar-refractivity contribution in [3.63, 3.8) is 0 Å². The maximum atomic E-state index is 5.56. The zero-order valence-electron chi connectivity index (χ0n) is 37.9. The van der Waals surface area contributed by atoms with Crippen molar-refractivity contribution in [1.29, 1.82) is 0 Å². The van der Waals surface area contributed by atoms with E-state index in [2.05, 4.69) is 239 Å². The van der Waals surface area contributed by atoms with Gasteiger partial charge in [0.05, 0.1) is 22.6 Å². The number of aromatic nitrogens is 2. The van der Waals surface area contributed by atoms with Gasteiger partial charge in [0, 0.05) is 39.0 Å². The van der Waals surface area contributed by atoms with Crippen LogP contribution in [-0.4, -0.2) is 15.7 Å². The maximum absolute atomic E-state index is 5.56. The number of rotatable bonds is 6. The van der Waals surface area contributed by atoms with Gasteiger partial charge in [-0.15, -0.1) is 0 Å². The summed E-state index contributed by atoms with van der Waals surface area (Å²) in [7, 11) is 0. The molecule has 3 heteroatoms. The van der Waals surface area contributed by atoms with Gasteiger partial charge in [-0.3, -0.25) is 0 Å².